The number of rotatable bonds is 19. The summed E-state index contributed by atoms with van der Waals surface area (Å²) in [5.74, 6) is -0.285. The maximum atomic E-state index is 12.5. The van der Waals surface area contributed by atoms with Gasteiger partial charge in [0.2, 0.25) is 5.91 Å². The van der Waals surface area contributed by atoms with Gasteiger partial charge in [-0.1, -0.05) is 111 Å². The van der Waals surface area contributed by atoms with Crippen LogP contribution >= 0.6 is 21.6 Å². The number of hydrogen-bond donors (Lipinski definition) is 4. The predicted molar refractivity (Wildman–Crippen MR) is 225 cm³/mol. The fraction of sp³-hybridized carbons (Fsp3) is 0.381. The first-order valence-corrected chi connectivity index (χ1v) is 21.8. The molecule has 0 fully saturated rings. The Morgan fingerprint density at radius 2 is 1.65 bits per heavy atom. The van der Waals surface area contributed by atoms with Crippen molar-refractivity contribution in [2.24, 2.45) is 0 Å². The van der Waals surface area contributed by atoms with Gasteiger partial charge in [0.25, 0.3) is 10.1 Å². The molecular formula is C42H53N3O6S3. The molecule has 4 N–H and O–H groups in total. The van der Waals surface area contributed by atoms with Gasteiger partial charge >= 0.3 is 5.97 Å². The molecule has 0 aliphatic carbocycles. The summed E-state index contributed by atoms with van der Waals surface area (Å²) in [6, 6.07) is 23.0. The molecule has 0 radical (unpaired) electrons. The zero-order chi connectivity index (χ0) is 39.7. The van der Waals surface area contributed by atoms with Gasteiger partial charge in [-0.15, -0.1) is 0 Å². The number of carboxylic acid groups (broad SMARTS) is 1. The lowest BCUT2D eigenvalue weighted by molar-refractivity contribution is -0.138. The van der Waals surface area contributed by atoms with Crippen LogP contribution in [0.15, 0.2) is 114 Å². The lowest BCUT2D eigenvalue weighted by Crippen LogP contribution is -2.28. The number of unbranched alkanes of at least 4 members (excludes halogenated alkanes) is 2. The number of para-hydroxylation sites is 2. The summed E-state index contributed by atoms with van der Waals surface area (Å²) in [6.45, 7) is 17.3. The third-order valence-electron chi connectivity index (χ3n) is 9.74. The third kappa shape index (κ3) is 10.8. The normalized spacial score (nSPS) is 15.0. The van der Waals surface area contributed by atoms with Gasteiger partial charge in [-0.25, -0.2) is 0 Å². The first kappa shape index (κ1) is 42.8. The largest absolute Gasteiger partial charge is 0.480 e. The fourth-order valence-corrected chi connectivity index (χ4v) is 9.02. The molecule has 0 saturated carbocycles. The number of carboxylic acids is 1. The van der Waals surface area contributed by atoms with Gasteiger partial charge in [0.15, 0.2) is 0 Å². The summed E-state index contributed by atoms with van der Waals surface area (Å²) < 4.78 is 33.1. The van der Waals surface area contributed by atoms with Crippen LogP contribution in [-0.4, -0.2) is 53.5 Å². The Hall–Kier alpha value is -3.97. The van der Waals surface area contributed by atoms with E-state index >= 15 is 0 Å². The number of benzene rings is 3. The van der Waals surface area contributed by atoms with Crippen LogP contribution < -0.4 is 15.5 Å². The molecule has 1 heterocycles. The maximum Gasteiger partial charge on any atom is 0.320 e. The molecule has 0 saturated heterocycles. The average Bonchev–Trinajstić information content (AvgIpc) is 3.32. The maximum absolute atomic E-state index is 12.5. The Balaban J connectivity index is 1.44. The average molecular weight is 792 g/mol. The zero-order valence-electron chi connectivity index (χ0n) is 32.0. The van der Waals surface area contributed by atoms with Crippen LogP contribution in [0.1, 0.15) is 78.4 Å². The number of nitrogens with one attached hydrogen (secondary N) is 2. The number of fused-ring (bicyclic) bond motifs is 1. The van der Waals surface area contributed by atoms with E-state index in [1.807, 2.05) is 68.5 Å². The number of carbonyl (C=O) groups excluding carboxylic acids is 1. The summed E-state index contributed by atoms with van der Waals surface area (Å²) in [4.78, 5) is 25.8. The van der Waals surface area contributed by atoms with Gasteiger partial charge in [-0.3, -0.25) is 14.1 Å². The summed E-state index contributed by atoms with van der Waals surface area (Å²) in [7, 11) is -1.68. The van der Waals surface area contributed by atoms with Gasteiger partial charge in [0, 0.05) is 58.9 Å². The minimum Gasteiger partial charge on any atom is -0.480 e. The second-order valence-corrected chi connectivity index (χ2v) is 19.4. The van der Waals surface area contributed by atoms with Gasteiger partial charge in [-0.2, -0.15) is 8.42 Å². The number of amides is 1. The van der Waals surface area contributed by atoms with Gasteiger partial charge < -0.3 is 20.6 Å². The number of anilines is 3. The molecule has 1 aliphatic rings. The van der Waals surface area contributed by atoms with Crippen LogP contribution in [0, 0.1) is 0 Å². The molecule has 1 amide bonds. The van der Waals surface area contributed by atoms with Gasteiger partial charge in [-0.05, 0) is 85.9 Å². The smallest absolute Gasteiger partial charge is 0.320 e. The van der Waals surface area contributed by atoms with E-state index in [9.17, 15) is 27.7 Å². The van der Waals surface area contributed by atoms with E-state index in [-0.39, 0.29) is 10.8 Å². The van der Waals surface area contributed by atoms with E-state index in [1.165, 1.54) is 27.7 Å². The van der Waals surface area contributed by atoms with E-state index in [0.717, 1.165) is 52.3 Å². The van der Waals surface area contributed by atoms with Crippen LogP contribution in [-0.2, 0) is 30.5 Å². The molecule has 290 valence electrons. The van der Waals surface area contributed by atoms with Crippen molar-refractivity contribution in [3.8, 4) is 0 Å². The number of hydrogen-bond acceptors (Lipinski definition) is 8. The van der Waals surface area contributed by atoms with Crippen molar-refractivity contribution in [2.45, 2.75) is 87.7 Å². The zero-order valence-corrected chi connectivity index (χ0v) is 34.5. The highest BCUT2D eigenvalue weighted by atomic mass is 33.1. The Morgan fingerprint density at radius 1 is 0.963 bits per heavy atom. The number of aliphatic carboxylic acids is 1. The van der Waals surface area contributed by atoms with E-state index in [1.54, 1.807) is 26.0 Å². The SMILES string of the molecule is C=C(/C=C/C=C1/N(CCCCCC(=O)NCCSSC(C)(C)C(=O)O)c2ccc(S(=O)(=O)O)cc2C1(C)C)C(C)(C)c1ccccc1Nc1ccccc1. The van der Waals surface area contributed by atoms with E-state index in [4.69, 9.17) is 0 Å². The van der Waals surface area contributed by atoms with Crippen LogP contribution in [0.25, 0.3) is 0 Å². The molecule has 0 atom stereocenters. The number of allylic oxidation sites excluding steroid dienone is 5. The molecule has 12 heteroatoms. The van der Waals surface area contributed by atoms with Gasteiger partial charge in [0.05, 0.1) is 4.90 Å². The van der Waals surface area contributed by atoms with Crippen molar-refractivity contribution >= 4 is 60.6 Å². The third-order valence-corrected chi connectivity index (χ3v) is 13.8. The topological polar surface area (TPSA) is 136 Å². The van der Waals surface area contributed by atoms with E-state index in [2.05, 4.69) is 54.2 Å². The quantitative estimate of drug-likeness (QED) is 0.0402. The monoisotopic (exact) mass is 791 g/mol. The lowest BCUT2D eigenvalue weighted by Gasteiger charge is -2.29. The predicted octanol–water partition coefficient (Wildman–Crippen LogP) is 9.67. The van der Waals surface area contributed by atoms with Crippen molar-refractivity contribution in [3.63, 3.8) is 0 Å². The number of nitrogens with zero attached hydrogens (tertiary/aromatic N) is 1. The molecular weight excluding hydrogens is 739 g/mol. The van der Waals surface area contributed by atoms with Crippen LogP contribution in [0.3, 0.4) is 0 Å². The van der Waals surface area contributed by atoms with Crippen molar-refractivity contribution in [1.29, 1.82) is 0 Å². The highest BCUT2D eigenvalue weighted by Crippen LogP contribution is 2.49. The summed E-state index contributed by atoms with van der Waals surface area (Å²) in [6.07, 6.45) is 8.79. The Bertz CT molecular complexity index is 1990. The molecule has 9 nitrogen and oxygen atoms in total. The Kier molecular flexibility index (Phi) is 14.3. The minimum atomic E-state index is -4.39. The Labute approximate surface area is 328 Å². The van der Waals surface area contributed by atoms with Crippen molar-refractivity contribution in [3.05, 3.63) is 120 Å². The molecule has 0 aromatic heterocycles. The lowest BCUT2D eigenvalue weighted by atomic mass is 9.77. The van der Waals surface area contributed by atoms with Crippen LogP contribution in [0.2, 0.25) is 0 Å². The summed E-state index contributed by atoms with van der Waals surface area (Å²) in [5, 5.41) is 15.7. The highest BCUT2D eigenvalue weighted by molar-refractivity contribution is 8.77. The molecule has 0 unspecified atom stereocenters. The molecule has 3 aromatic rings. The van der Waals surface area contributed by atoms with Crippen molar-refractivity contribution in [1.82, 2.24) is 5.32 Å². The molecule has 4 rings (SSSR count). The Morgan fingerprint density at radius 3 is 2.33 bits per heavy atom. The van der Waals surface area contributed by atoms with E-state index < -0.39 is 31.7 Å². The number of carbonyl (C=O) groups is 2. The fourth-order valence-electron chi connectivity index (χ4n) is 6.28. The van der Waals surface area contributed by atoms with E-state index in [0.29, 0.717) is 31.7 Å². The molecule has 1 aliphatic heterocycles. The van der Waals surface area contributed by atoms with Crippen LogP contribution in [0.5, 0.6) is 0 Å². The van der Waals surface area contributed by atoms with Crippen molar-refractivity contribution in [2.75, 3.05) is 29.1 Å². The summed E-state index contributed by atoms with van der Waals surface area (Å²) in [5.41, 5.74) is 5.71. The molecule has 54 heavy (non-hydrogen) atoms. The van der Waals surface area contributed by atoms with Gasteiger partial charge in [0.1, 0.15) is 4.75 Å². The second kappa shape index (κ2) is 18.1. The summed E-state index contributed by atoms with van der Waals surface area (Å²) >= 11 is 0. The standard InChI is InChI=1S/C42H53N3O6S3/c1-30(40(2,3)33-20-13-14-21-35(33)44-31-18-10-8-11-19-31)17-16-22-37-41(4,5)34-29-32(54(49,50)51)24-25-36(34)45(37)27-15-9-12-23-38(46)43-26-28-52-53-42(6,7)39(47)48/h8,10-11,13-14,16-22,24-25,29,44H,1,9,12,15,23,26-28H2,2-7H3,(H,43,46)(H,47,48)(H,49,50,51)/b17-16+,37-22+. The first-order chi connectivity index (χ1) is 25.4. The first-order valence-electron chi connectivity index (χ1n) is 18.1. The van der Waals surface area contributed by atoms with Crippen LogP contribution in [0.4, 0.5) is 17.1 Å². The molecule has 3 aromatic carbocycles. The second-order valence-electron chi connectivity index (χ2n) is 14.9. The van der Waals surface area contributed by atoms with Crippen molar-refractivity contribution < 1.29 is 27.7 Å². The molecule has 0 bridgehead atoms. The minimum absolute atomic E-state index is 0.0316. The highest BCUT2D eigenvalue weighted by Gasteiger charge is 2.40. The molecule has 0 spiro atoms.